The fourth-order valence-corrected chi connectivity index (χ4v) is 3.98. The second-order valence-electron chi connectivity index (χ2n) is 5.85. The van der Waals surface area contributed by atoms with Crippen LogP contribution in [0.15, 0.2) is 57.0 Å². The van der Waals surface area contributed by atoms with Gasteiger partial charge < -0.3 is 10.5 Å². The monoisotopic (exact) mass is 521 g/mol. The predicted octanol–water partition coefficient (Wildman–Crippen LogP) is 2.74. The number of benzene rings is 2. The molecule has 0 aromatic heterocycles. The van der Waals surface area contributed by atoms with Gasteiger partial charge in [0.05, 0.1) is 10.2 Å². The molecule has 0 spiro atoms. The van der Waals surface area contributed by atoms with E-state index in [9.17, 15) is 19.2 Å². The van der Waals surface area contributed by atoms with Crippen molar-refractivity contribution in [1.82, 2.24) is 5.32 Å². The first-order valence-electron chi connectivity index (χ1n) is 8.14. The summed E-state index contributed by atoms with van der Waals surface area (Å²) in [4.78, 5) is 49.5. The van der Waals surface area contributed by atoms with Gasteiger partial charge in [-0.05, 0) is 46.3 Å². The number of nitrogens with two attached hydrogens (primary N) is 1. The van der Waals surface area contributed by atoms with Crippen LogP contribution in [-0.4, -0.2) is 30.4 Å². The minimum atomic E-state index is -0.844. The van der Waals surface area contributed by atoms with Crippen molar-refractivity contribution in [2.45, 2.75) is 0 Å². The molecule has 0 unspecified atom stereocenters. The van der Waals surface area contributed by atoms with Crippen LogP contribution < -0.4 is 20.7 Å². The van der Waals surface area contributed by atoms with Crippen LogP contribution in [-0.2, 0) is 14.4 Å². The molecule has 5 amide bonds. The number of carbonyl (C=O) groups excluding carboxylic acids is 4. The lowest BCUT2D eigenvalue weighted by Gasteiger charge is -2.26. The molecule has 2 aromatic carbocycles. The zero-order valence-electron chi connectivity index (χ0n) is 14.6. The van der Waals surface area contributed by atoms with Crippen LogP contribution in [0.4, 0.5) is 10.5 Å². The molecule has 29 heavy (non-hydrogen) atoms. The number of imide groups is 2. The number of carbonyl (C=O) groups is 4. The highest BCUT2D eigenvalue weighted by molar-refractivity contribution is 9.11. The van der Waals surface area contributed by atoms with Gasteiger partial charge in [-0.15, -0.1) is 0 Å². The number of para-hydroxylation sites is 1. The molecule has 3 rings (SSSR count). The van der Waals surface area contributed by atoms with Crippen molar-refractivity contribution in [2.24, 2.45) is 5.73 Å². The minimum absolute atomic E-state index is 0.211. The van der Waals surface area contributed by atoms with E-state index in [1.165, 1.54) is 6.08 Å². The molecule has 0 atom stereocenters. The molecule has 1 aliphatic rings. The summed E-state index contributed by atoms with van der Waals surface area (Å²) in [7, 11) is 0. The maximum atomic E-state index is 12.9. The van der Waals surface area contributed by atoms with E-state index >= 15 is 0 Å². The van der Waals surface area contributed by atoms with Crippen LogP contribution in [0.1, 0.15) is 5.56 Å². The van der Waals surface area contributed by atoms with E-state index in [1.807, 2.05) is 0 Å². The molecule has 0 saturated carbocycles. The Labute approximate surface area is 181 Å². The molecule has 0 radical (unpaired) electrons. The summed E-state index contributed by atoms with van der Waals surface area (Å²) < 4.78 is 6.52. The maximum Gasteiger partial charge on any atom is 0.335 e. The second kappa shape index (κ2) is 8.58. The molecule has 148 valence electrons. The lowest BCUT2D eigenvalue weighted by atomic mass is 10.1. The van der Waals surface area contributed by atoms with E-state index < -0.39 is 30.4 Å². The summed E-state index contributed by atoms with van der Waals surface area (Å²) in [6.07, 6.45) is 1.28. The first kappa shape index (κ1) is 20.7. The maximum absolute atomic E-state index is 12.9. The summed E-state index contributed by atoms with van der Waals surface area (Å²) in [5.74, 6) is -2.11. The van der Waals surface area contributed by atoms with Crippen LogP contribution in [0.25, 0.3) is 6.08 Å². The van der Waals surface area contributed by atoms with Crippen molar-refractivity contribution >= 4 is 67.4 Å². The molecule has 2 aromatic rings. The van der Waals surface area contributed by atoms with E-state index in [4.69, 9.17) is 10.5 Å². The van der Waals surface area contributed by atoms with Crippen LogP contribution >= 0.6 is 31.9 Å². The Morgan fingerprint density at radius 3 is 2.48 bits per heavy atom. The number of anilines is 1. The van der Waals surface area contributed by atoms with Crippen LogP contribution in [0.2, 0.25) is 0 Å². The number of nitrogens with zero attached hydrogens (tertiary/aromatic N) is 1. The Morgan fingerprint density at radius 1 is 1.14 bits per heavy atom. The molecular formula is C19H13Br2N3O5. The van der Waals surface area contributed by atoms with Gasteiger partial charge in [0, 0.05) is 10.0 Å². The van der Waals surface area contributed by atoms with Crippen LogP contribution in [0.3, 0.4) is 0 Å². The van der Waals surface area contributed by atoms with Crippen molar-refractivity contribution in [3.63, 3.8) is 0 Å². The zero-order chi connectivity index (χ0) is 21.1. The number of nitrogens with one attached hydrogen (secondary N) is 1. The molecule has 0 bridgehead atoms. The van der Waals surface area contributed by atoms with E-state index in [2.05, 4.69) is 37.2 Å². The molecule has 10 heteroatoms. The van der Waals surface area contributed by atoms with Gasteiger partial charge in [-0.1, -0.05) is 34.1 Å². The number of urea groups is 1. The minimum Gasteiger partial charge on any atom is -0.482 e. The molecule has 8 nitrogen and oxygen atoms in total. The van der Waals surface area contributed by atoms with Gasteiger partial charge in [0.2, 0.25) is 0 Å². The third kappa shape index (κ3) is 4.54. The number of hydrogen-bond donors (Lipinski definition) is 2. The lowest BCUT2D eigenvalue weighted by Crippen LogP contribution is -2.54. The molecule has 1 aliphatic heterocycles. The van der Waals surface area contributed by atoms with Crippen molar-refractivity contribution in [1.29, 1.82) is 0 Å². The molecule has 1 heterocycles. The smallest absolute Gasteiger partial charge is 0.335 e. The first-order valence-corrected chi connectivity index (χ1v) is 9.73. The summed E-state index contributed by atoms with van der Waals surface area (Å²) >= 11 is 6.64. The number of amides is 5. The van der Waals surface area contributed by atoms with Gasteiger partial charge in [0.15, 0.2) is 6.61 Å². The van der Waals surface area contributed by atoms with Gasteiger partial charge in [-0.3, -0.25) is 19.7 Å². The highest BCUT2D eigenvalue weighted by Gasteiger charge is 2.37. The standard InChI is InChI=1S/C19H13Br2N3O5/c20-11-6-10(16(14(21)8-11)29-9-15(22)25)7-13-17(26)23-19(28)24(18(13)27)12-4-2-1-3-5-12/h1-8H,9H2,(H2,22,25)(H,23,26,28)/b13-7-. The number of barbiturate groups is 1. The van der Waals surface area contributed by atoms with Crippen LogP contribution in [0, 0.1) is 0 Å². The summed E-state index contributed by atoms with van der Waals surface area (Å²) in [5, 5.41) is 2.15. The third-order valence-electron chi connectivity index (χ3n) is 3.81. The van der Waals surface area contributed by atoms with E-state index in [1.54, 1.807) is 42.5 Å². The largest absolute Gasteiger partial charge is 0.482 e. The molecule has 0 aliphatic carbocycles. The predicted molar refractivity (Wildman–Crippen MR) is 112 cm³/mol. The van der Waals surface area contributed by atoms with Crippen LogP contribution in [0.5, 0.6) is 5.75 Å². The Bertz CT molecular complexity index is 1050. The van der Waals surface area contributed by atoms with Crippen molar-refractivity contribution in [2.75, 3.05) is 11.5 Å². The third-order valence-corrected chi connectivity index (χ3v) is 4.86. The van der Waals surface area contributed by atoms with E-state index in [0.29, 0.717) is 20.2 Å². The number of hydrogen-bond acceptors (Lipinski definition) is 5. The van der Waals surface area contributed by atoms with Gasteiger partial charge in [0.1, 0.15) is 11.3 Å². The Morgan fingerprint density at radius 2 is 1.83 bits per heavy atom. The highest BCUT2D eigenvalue weighted by Crippen LogP contribution is 2.35. The average molecular weight is 523 g/mol. The van der Waals surface area contributed by atoms with Gasteiger partial charge >= 0.3 is 6.03 Å². The second-order valence-corrected chi connectivity index (χ2v) is 7.62. The van der Waals surface area contributed by atoms with E-state index in [0.717, 1.165) is 4.90 Å². The fraction of sp³-hybridized carbons (Fsp3) is 0.0526. The van der Waals surface area contributed by atoms with Gasteiger partial charge in [-0.25, -0.2) is 9.69 Å². The van der Waals surface area contributed by atoms with Crippen molar-refractivity contribution in [3.05, 3.63) is 62.5 Å². The van der Waals surface area contributed by atoms with E-state index in [-0.39, 0.29) is 11.3 Å². The van der Waals surface area contributed by atoms with Gasteiger partial charge in [-0.2, -0.15) is 0 Å². The SMILES string of the molecule is NC(=O)COc1c(Br)cc(Br)cc1/C=C1/C(=O)NC(=O)N(c2ccccc2)C1=O. The molecular weight excluding hydrogens is 510 g/mol. The first-order chi connectivity index (χ1) is 13.8. The zero-order valence-corrected chi connectivity index (χ0v) is 17.8. The lowest BCUT2D eigenvalue weighted by molar-refractivity contribution is -0.123. The van der Waals surface area contributed by atoms with Crippen molar-refractivity contribution in [3.8, 4) is 5.75 Å². The highest BCUT2D eigenvalue weighted by atomic mass is 79.9. The molecule has 3 N–H and O–H groups in total. The number of halogens is 2. The average Bonchev–Trinajstić information content (AvgIpc) is 2.64. The number of primary amides is 1. The topological polar surface area (TPSA) is 119 Å². The summed E-state index contributed by atoms with van der Waals surface area (Å²) in [5.41, 5.74) is 5.50. The quantitative estimate of drug-likeness (QED) is 0.462. The number of rotatable bonds is 5. The Hall–Kier alpha value is -2.98. The summed E-state index contributed by atoms with van der Waals surface area (Å²) in [6, 6.07) is 10.6. The Balaban J connectivity index is 2.07. The van der Waals surface area contributed by atoms with Gasteiger partial charge in [0.25, 0.3) is 17.7 Å². The van der Waals surface area contributed by atoms with Crippen molar-refractivity contribution < 1.29 is 23.9 Å². The molecule has 1 fully saturated rings. The number of ether oxygens (including phenoxy) is 1. The normalized spacial score (nSPS) is 15.4. The summed E-state index contributed by atoms with van der Waals surface area (Å²) in [6.45, 7) is -0.398. The molecule has 1 saturated heterocycles. The Kier molecular flexibility index (Phi) is 6.14. The fourth-order valence-electron chi connectivity index (χ4n) is 2.61.